The van der Waals surface area contributed by atoms with E-state index in [1.165, 1.54) is 30.5 Å². The smallest absolute Gasteiger partial charge is 0.0414 e. The van der Waals surface area contributed by atoms with E-state index in [1.54, 1.807) is 11.1 Å². The Bertz CT molecular complexity index is 561. The predicted molar refractivity (Wildman–Crippen MR) is 94.1 cm³/mol. The Morgan fingerprint density at radius 1 is 1.27 bits per heavy atom. The van der Waals surface area contributed by atoms with Crippen LogP contribution in [-0.2, 0) is 6.42 Å². The summed E-state index contributed by atoms with van der Waals surface area (Å²) in [5.41, 5.74) is 5.92. The summed E-state index contributed by atoms with van der Waals surface area (Å²) in [6.07, 6.45) is 4.92. The second-order valence-electron chi connectivity index (χ2n) is 7.48. The van der Waals surface area contributed by atoms with E-state index >= 15 is 0 Å². The molecule has 120 valence electrons. The van der Waals surface area contributed by atoms with Crippen LogP contribution in [0.25, 0.3) is 0 Å². The monoisotopic (exact) mass is 298 g/mol. The lowest BCUT2D eigenvalue weighted by Crippen LogP contribution is -2.37. The Balaban J connectivity index is 1.71. The maximum Gasteiger partial charge on any atom is 0.0414 e. The molecule has 1 aromatic carbocycles. The number of likely N-dealkylation sites (tertiary alicyclic amines) is 1. The molecule has 0 radical (unpaired) electrons. The fourth-order valence-corrected chi connectivity index (χ4v) is 4.07. The molecular weight excluding hydrogens is 268 g/mol. The Labute approximate surface area is 135 Å². The molecule has 2 heteroatoms. The highest BCUT2D eigenvalue weighted by atomic mass is 15.2. The van der Waals surface area contributed by atoms with Crippen molar-refractivity contribution in [3.05, 3.63) is 47.2 Å². The van der Waals surface area contributed by atoms with Crippen molar-refractivity contribution in [2.24, 2.45) is 0 Å². The molecule has 2 nitrogen and oxygen atoms in total. The maximum absolute atomic E-state index is 4.16. The number of nitrogens with zero attached hydrogens (tertiary/aromatic N) is 2. The van der Waals surface area contributed by atoms with E-state index in [1.807, 2.05) is 0 Å². The molecule has 0 aromatic heterocycles. The molecular formula is C20H30N2. The molecule has 3 rings (SSSR count). The number of allylic oxidation sites excluding steroid dienone is 1. The van der Waals surface area contributed by atoms with E-state index < -0.39 is 0 Å². The molecule has 1 aliphatic heterocycles. The molecule has 2 atom stereocenters. The van der Waals surface area contributed by atoms with Gasteiger partial charge in [-0.15, -0.1) is 0 Å². The lowest BCUT2D eigenvalue weighted by molar-refractivity contribution is 0.186. The van der Waals surface area contributed by atoms with Crippen molar-refractivity contribution in [3.8, 4) is 0 Å². The van der Waals surface area contributed by atoms with Crippen LogP contribution in [0.1, 0.15) is 61.8 Å². The molecule has 22 heavy (non-hydrogen) atoms. The van der Waals surface area contributed by atoms with Crippen LogP contribution >= 0.6 is 0 Å². The van der Waals surface area contributed by atoms with Crippen molar-refractivity contribution >= 4 is 0 Å². The average Bonchev–Trinajstić information content (AvgIpc) is 3.05. The molecule has 1 fully saturated rings. The number of rotatable bonds is 4. The van der Waals surface area contributed by atoms with E-state index in [2.05, 4.69) is 62.5 Å². The molecule has 1 unspecified atom stereocenters. The Morgan fingerprint density at radius 3 is 2.68 bits per heavy atom. The van der Waals surface area contributed by atoms with Crippen LogP contribution in [0, 0.1) is 0 Å². The third-order valence-electron chi connectivity index (χ3n) is 5.72. The number of fused-ring (bicyclic) bond motifs is 1. The first-order chi connectivity index (χ1) is 10.5. The highest BCUT2D eigenvalue weighted by Gasteiger charge is 2.30. The van der Waals surface area contributed by atoms with Gasteiger partial charge in [0.25, 0.3) is 0 Å². The third kappa shape index (κ3) is 2.81. The van der Waals surface area contributed by atoms with Crippen molar-refractivity contribution in [2.45, 2.75) is 57.5 Å². The van der Waals surface area contributed by atoms with Gasteiger partial charge in [0.1, 0.15) is 0 Å². The third-order valence-corrected chi connectivity index (χ3v) is 5.72. The molecule has 2 aliphatic rings. The summed E-state index contributed by atoms with van der Waals surface area (Å²) in [6, 6.07) is 8.39. The van der Waals surface area contributed by atoms with Gasteiger partial charge in [-0.1, -0.05) is 38.6 Å². The van der Waals surface area contributed by atoms with Crippen LogP contribution in [0.15, 0.2) is 30.5 Å². The number of hydrogen-bond donors (Lipinski definition) is 0. The minimum absolute atomic E-state index is 0.596. The molecule has 0 bridgehead atoms. The summed E-state index contributed by atoms with van der Waals surface area (Å²) in [5.74, 6) is 0.625. The van der Waals surface area contributed by atoms with E-state index in [0.29, 0.717) is 18.0 Å². The van der Waals surface area contributed by atoms with Gasteiger partial charge < -0.3 is 4.90 Å². The Hall–Kier alpha value is -1.28. The molecule has 0 amide bonds. The fourth-order valence-electron chi connectivity index (χ4n) is 4.07. The molecule has 1 heterocycles. The van der Waals surface area contributed by atoms with Gasteiger partial charge in [-0.3, -0.25) is 4.90 Å². The maximum atomic E-state index is 4.16. The lowest BCUT2D eigenvalue weighted by Gasteiger charge is -2.31. The normalized spacial score (nSPS) is 24.6. The fraction of sp³-hybridized carbons (Fsp3) is 0.600. The van der Waals surface area contributed by atoms with Crippen molar-refractivity contribution in [3.63, 3.8) is 0 Å². The molecule has 1 saturated heterocycles. The van der Waals surface area contributed by atoms with Crippen molar-refractivity contribution in [1.82, 2.24) is 9.80 Å². The molecule has 1 aromatic rings. The largest absolute Gasteiger partial charge is 0.374 e. The second-order valence-corrected chi connectivity index (χ2v) is 7.48. The van der Waals surface area contributed by atoms with Gasteiger partial charge in [0, 0.05) is 31.4 Å². The summed E-state index contributed by atoms with van der Waals surface area (Å²) < 4.78 is 0. The van der Waals surface area contributed by atoms with Gasteiger partial charge in [-0.05, 0) is 55.3 Å². The lowest BCUT2D eigenvalue weighted by atomic mass is 9.97. The van der Waals surface area contributed by atoms with Gasteiger partial charge in [0.15, 0.2) is 0 Å². The van der Waals surface area contributed by atoms with Crippen LogP contribution in [0.3, 0.4) is 0 Å². The standard InChI is InChI=1S/C20H30N2/c1-14(2)16-7-10-19-17(12-16)8-11-20(19)21(4)13-18-9-6-15(3)22(18)5/h7,10,12,14,18,20H,3,6,8-9,11,13H2,1-2,4-5H3/t18-,20?/m1/s1. The van der Waals surface area contributed by atoms with Gasteiger partial charge in [-0.2, -0.15) is 0 Å². The van der Waals surface area contributed by atoms with Gasteiger partial charge in [0.05, 0.1) is 0 Å². The first-order valence-corrected chi connectivity index (χ1v) is 8.71. The number of hydrogen-bond acceptors (Lipinski definition) is 2. The van der Waals surface area contributed by atoms with Gasteiger partial charge in [0.2, 0.25) is 0 Å². The second kappa shape index (κ2) is 6.08. The Kier molecular flexibility index (Phi) is 4.31. The zero-order chi connectivity index (χ0) is 15.9. The van der Waals surface area contributed by atoms with Crippen LogP contribution in [0.2, 0.25) is 0 Å². The van der Waals surface area contributed by atoms with Crippen molar-refractivity contribution in [2.75, 3.05) is 20.6 Å². The number of benzene rings is 1. The van der Waals surface area contributed by atoms with E-state index in [0.717, 1.165) is 13.0 Å². The first-order valence-electron chi connectivity index (χ1n) is 8.71. The summed E-state index contributed by atoms with van der Waals surface area (Å²) in [7, 11) is 4.50. The average molecular weight is 298 g/mol. The van der Waals surface area contributed by atoms with Gasteiger partial charge in [-0.25, -0.2) is 0 Å². The van der Waals surface area contributed by atoms with Crippen LogP contribution in [0.4, 0.5) is 0 Å². The highest BCUT2D eigenvalue weighted by molar-refractivity contribution is 5.39. The van der Waals surface area contributed by atoms with E-state index in [-0.39, 0.29) is 0 Å². The minimum atomic E-state index is 0.596. The highest BCUT2D eigenvalue weighted by Crippen LogP contribution is 2.37. The topological polar surface area (TPSA) is 6.48 Å². The molecule has 1 aliphatic carbocycles. The van der Waals surface area contributed by atoms with Crippen LogP contribution in [-0.4, -0.2) is 36.5 Å². The number of aryl methyl sites for hydroxylation is 1. The quantitative estimate of drug-likeness (QED) is 0.816. The summed E-state index contributed by atoms with van der Waals surface area (Å²) in [4.78, 5) is 4.95. The minimum Gasteiger partial charge on any atom is -0.374 e. The first kappa shape index (κ1) is 15.6. The van der Waals surface area contributed by atoms with Crippen LogP contribution in [0.5, 0.6) is 0 Å². The predicted octanol–water partition coefficient (Wildman–Crippen LogP) is 4.34. The zero-order valence-corrected chi connectivity index (χ0v) is 14.6. The molecule has 0 N–H and O–H groups in total. The number of likely N-dealkylation sites (N-methyl/N-ethyl adjacent to an activating group) is 2. The summed E-state index contributed by atoms with van der Waals surface area (Å²) in [6.45, 7) is 9.87. The summed E-state index contributed by atoms with van der Waals surface area (Å²) in [5, 5.41) is 0. The van der Waals surface area contributed by atoms with E-state index in [9.17, 15) is 0 Å². The van der Waals surface area contributed by atoms with E-state index in [4.69, 9.17) is 0 Å². The van der Waals surface area contributed by atoms with Gasteiger partial charge >= 0.3 is 0 Å². The Morgan fingerprint density at radius 2 is 2.05 bits per heavy atom. The SMILES string of the molecule is C=C1CC[C@H](CN(C)C2CCc3cc(C(C)C)ccc32)N1C. The summed E-state index contributed by atoms with van der Waals surface area (Å²) >= 11 is 0. The zero-order valence-electron chi connectivity index (χ0n) is 14.6. The molecule has 0 spiro atoms. The van der Waals surface area contributed by atoms with Crippen LogP contribution < -0.4 is 0 Å². The molecule has 0 saturated carbocycles. The van der Waals surface area contributed by atoms with Crippen molar-refractivity contribution < 1.29 is 0 Å². The van der Waals surface area contributed by atoms with Crippen molar-refractivity contribution in [1.29, 1.82) is 0 Å².